The minimum Gasteiger partial charge on any atom is -0.461 e. The van der Waals surface area contributed by atoms with Crippen LogP contribution >= 0.6 is 0 Å². The Bertz CT molecular complexity index is 511. The van der Waals surface area contributed by atoms with Crippen LogP contribution in [-0.4, -0.2) is 36.7 Å². The monoisotopic (exact) mass is 319 g/mol. The molecule has 1 fully saturated rings. The summed E-state index contributed by atoms with van der Waals surface area (Å²) < 4.78 is 54.9. The van der Waals surface area contributed by atoms with Crippen LogP contribution in [0.2, 0.25) is 0 Å². The van der Waals surface area contributed by atoms with E-state index in [0.717, 1.165) is 0 Å². The number of halogens is 4. The lowest BCUT2D eigenvalue weighted by Gasteiger charge is -2.31. The summed E-state index contributed by atoms with van der Waals surface area (Å²) in [6.07, 6.45) is -3.53. The quantitative estimate of drug-likeness (QED) is 0.631. The van der Waals surface area contributed by atoms with Crippen molar-refractivity contribution in [3.8, 4) is 0 Å². The Morgan fingerprint density at radius 1 is 1.27 bits per heavy atom. The van der Waals surface area contributed by atoms with Gasteiger partial charge in [-0.25, -0.2) is 4.39 Å². The van der Waals surface area contributed by atoms with Gasteiger partial charge in [0.1, 0.15) is 12.4 Å². The largest absolute Gasteiger partial charge is 0.461 e. The number of likely N-dealkylation sites (tertiary alicyclic amines) is 1. The fourth-order valence-electron chi connectivity index (χ4n) is 2.48. The van der Waals surface area contributed by atoms with E-state index >= 15 is 0 Å². The van der Waals surface area contributed by atoms with Crippen LogP contribution in [0.1, 0.15) is 18.4 Å². The van der Waals surface area contributed by atoms with Crippen LogP contribution in [0.3, 0.4) is 0 Å². The zero-order valence-electron chi connectivity index (χ0n) is 11.9. The van der Waals surface area contributed by atoms with E-state index in [1.807, 2.05) is 0 Å². The second-order valence-electron chi connectivity index (χ2n) is 5.40. The summed E-state index contributed by atoms with van der Waals surface area (Å²) in [5.74, 6) is -1.23. The van der Waals surface area contributed by atoms with Gasteiger partial charge in [0.2, 0.25) is 0 Å². The number of piperidine rings is 1. The van der Waals surface area contributed by atoms with E-state index in [1.54, 1.807) is 6.07 Å². The molecule has 2 rings (SSSR count). The van der Waals surface area contributed by atoms with E-state index in [-0.39, 0.29) is 19.7 Å². The third kappa shape index (κ3) is 5.29. The van der Waals surface area contributed by atoms with Gasteiger partial charge in [0.15, 0.2) is 0 Å². The van der Waals surface area contributed by atoms with Crippen LogP contribution in [0.25, 0.3) is 0 Å². The van der Waals surface area contributed by atoms with Gasteiger partial charge in [0, 0.05) is 0 Å². The molecule has 0 aliphatic carbocycles. The fraction of sp³-hybridized carbons (Fsp3) is 0.533. The second-order valence-corrected chi connectivity index (χ2v) is 5.40. The smallest absolute Gasteiger partial charge is 0.401 e. The minimum absolute atomic E-state index is 0.0284. The maximum absolute atomic E-state index is 13.0. The number of hydrogen-bond donors (Lipinski definition) is 0. The lowest BCUT2D eigenvalue weighted by Crippen LogP contribution is -2.41. The standard InChI is InChI=1S/C15H17F4NO2/c16-13-3-1-2-11(8-13)9-22-14(21)12-4-6-20(7-5-12)10-15(17,18)19/h1-3,8,12H,4-7,9-10H2. The number of nitrogens with zero attached hydrogens (tertiary/aromatic N) is 1. The molecule has 0 N–H and O–H groups in total. The van der Waals surface area contributed by atoms with Crippen LogP contribution in [0.4, 0.5) is 17.6 Å². The van der Waals surface area contributed by atoms with Gasteiger partial charge >= 0.3 is 12.1 Å². The van der Waals surface area contributed by atoms with Gasteiger partial charge in [0.05, 0.1) is 12.5 Å². The van der Waals surface area contributed by atoms with Crippen LogP contribution in [-0.2, 0) is 16.1 Å². The SMILES string of the molecule is O=C(OCc1cccc(F)c1)C1CCN(CC(F)(F)F)CC1. The highest BCUT2D eigenvalue weighted by atomic mass is 19.4. The maximum atomic E-state index is 13.0. The van der Waals surface area contributed by atoms with E-state index in [4.69, 9.17) is 4.74 Å². The Hall–Kier alpha value is -1.63. The highest BCUT2D eigenvalue weighted by molar-refractivity contribution is 5.72. The lowest BCUT2D eigenvalue weighted by atomic mass is 9.97. The molecule has 0 amide bonds. The highest BCUT2D eigenvalue weighted by Gasteiger charge is 2.34. The third-order valence-corrected chi connectivity index (χ3v) is 3.59. The molecule has 0 unspecified atom stereocenters. The normalized spacial score (nSPS) is 17.5. The van der Waals surface area contributed by atoms with Gasteiger partial charge in [-0.3, -0.25) is 9.69 Å². The molecule has 0 atom stereocenters. The van der Waals surface area contributed by atoms with Crippen LogP contribution in [0.5, 0.6) is 0 Å². The van der Waals surface area contributed by atoms with Crippen molar-refractivity contribution in [1.29, 1.82) is 0 Å². The van der Waals surface area contributed by atoms with Gasteiger partial charge in [-0.05, 0) is 43.6 Å². The van der Waals surface area contributed by atoms with Crippen molar-refractivity contribution in [2.75, 3.05) is 19.6 Å². The highest BCUT2D eigenvalue weighted by Crippen LogP contribution is 2.23. The predicted molar refractivity (Wildman–Crippen MR) is 71.4 cm³/mol. The average molecular weight is 319 g/mol. The summed E-state index contributed by atoms with van der Waals surface area (Å²) in [4.78, 5) is 13.2. The van der Waals surface area contributed by atoms with E-state index < -0.39 is 30.4 Å². The van der Waals surface area contributed by atoms with E-state index in [9.17, 15) is 22.4 Å². The van der Waals surface area contributed by atoms with Crippen molar-refractivity contribution in [1.82, 2.24) is 4.90 Å². The van der Waals surface area contributed by atoms with E-state index in [1.165, 1.54) is 23.1 Å². The first kappa shape index (κ1) is 16.7. The van der Waals surface area contributed by atoms with E-state index in [2.05, 4.69) is 0 Å². The van der Waals surface area contributed by atoms with Crippen molar-refractivity contribution in [2.24, 2.45) is 5.92 Å². The minimum atomic E-state index is -4.22. The molecule has 0 radical (unpaired) electrons. The molecule has 1 heterocycles. The number of alkyl halides is 3. The van der Waals surface area contributed by atoms with Crippen molar-refractivity contribution in [3.05, 3.63) is 35.6 Å². The Morgan fingerprint density at radius 3 is 2.55 bits per heavy atom. The average Bonchev–Trinajstić information content (AvgIpc) is 2.44. The molecule has 7 heteroatoms. The number of benzene rings is 1. The van der Waals surface area contributed by atoms with Crippen LogP contribution in [0, 0.1) is 11.7 Å². The Morgan fingerprint density at radius 2 is 1.95 bits per heavy atom. The number of carbonyl (C=O) groups excluding carboxylic acids is 1. The molecule has 0 spiro atoms. The Labute approximate surface area is 125 Å². The van der Waals surface area contributed by atoms with Crippen molar-refractivity contribution >= 4 is 5.97 Å². The number of ether oxygens (including phenoxy) is 1. The molecule has 122 valence electrons. The second kappa shape index (κ2) is 7.09. The molecule has 0 bridgehead atoms. The van der Waals surface area contributed by atoms with Gasteiger partial charge < -0.3 is 4.74 Å². The molecule has 1 aliphatic rings. The van der Waals surface area contributed by atoms with Crippen molar-refractivity contribution in [2.45, 2.75) is 25.6 Å². The molecule has 3 nitrogen and oxygen atoms in total. The first-order chi connectivity index (χ1) is 10.3. The molecule has 22 heavy (non-hydrogen) atoms. The topological polar surface area (TPSA) is 29.5 Å². The molecule has 0 saturated carbocycles. The van der Waals surface area contributed by atoms with Gasteiger partial charge in [-0.1, -0.05) is 12.1 Å². The van der Waals surface area contributed by atoms with Crippen LogP contribution in [0.15, 0.2) is 24.3 Å². The lowest BCUT2D eigenvalue weighted by molar-refractivity contribution is -0.156. The van der Waals surface area contributed by atoms with E-state index in [0.29, 0.717) is 18.4 Å². The first-order valence-electron chi connectivity index (χ1n) is 7.04. The number of rotatable bonds is 4. The van der Waals surface area contributed by atoms with Crippen molar-refractivity contribution < 1.29 is 27.1 Å². The molecule has 1 aromatic rings. The van der Waals surface area contributed by atoms with Gasteiger partial charge in [-0.15, -0.1) is 0 Å². The van der Waals surface area contributed by atoms with Crippen molar-refractivity contribution in [3.63, 3.8) is 0 Å². The first-order valence-corrected chi connectivity index (χ1v) is 7.04. The Balaban J connectivity index is 1.75. The zero-order valence-corrected chi connectivity index (χ0v) is 11.9. The molecule has 1 aliphatic heterocycles. The predicted octanol–water partition coefficient (Wildman–Crippen LogP) is 3.14. The number of carbonyl (C=O) groups is 1. The molecule has 1 aromatic carbocycles. The summed E-state index contributed by atoms with van der Waals surface area (Å²) in [7, 11) is 0. The third-order valence-electron chi connectivity index (χ3n) is 3.59. The zero-order chi connectivity index (χ0) is 16.2. The molecule has 0 aromatic heterocycles. The molecular weight excluding hydrogens is 302 g/mol. The Kier molecular flexibility index (Phi) is 5.39. The summed E-state index contributed by atoms with van der Waals surface area (Å²) in [5, 5.41) is 0. The maximum Gasteiger partial charge on any atom is 0.401 e. The summed E-state index contributed by atoms with van der Waals surface area (Å²) in [5.41, 5.74) is 0.544. The molecular formula is C15H17F4NO2. The van der Waals surface area contributed by atoms with Crippen LogP contribution < -0.4 is 0 Å². The number of hydrogen-bond acceptors (Lipinski definition) is 3. The molecule has 1 saturated heterocycles. The number of esters is 1. The summed E-state index contributed by atoms with van der Waals surface area (Å²) in [6, 6.07) is 5.73. The summed E-state index contributed by atoms with van der Waals surface area (Å²) in [6.45, 7) is -0.532. The van der Waals surface area contributed by atoms with Gasteiger partial charge in [-0.2, -0.15) is 13.2 Å². The van der Waals surface area contributed by atoms with Gasteiger partial charge in [0.25, 0.3) is 0 Å². The summed E-state index contributed by atoms with van der Waals surface area (Å²) >= 11 is 0. The fourth-order valence-corrected chi connectivity index (χ4v) is 2.48.